The number of benzene rings is 1. The molecule has 6 heteroatoms. The van der Waals surface area contributed by atoms with Gasteiger partial charge in [0.15, 0.2) is 10.7 Å². The van der Waals surface area contributed by atoms with Crippen LogP contribution in [0.3, 0.4) is 0 Å². The van der Waals surface area contributed by atoms with Crippen molar-refractivity contribution in [1.82, 2.24) is 0 Å². The standard InChI is InChI=1S/C9H10N3O3/c1-3-15-9-4-6(2)7(11-10)5-8(9)12(13)14/h4-5H,3H2,1-2H3/q+1. The molecule has 0 N–H and O–H groups in total. The molecule has 0 bridgehead atoms. The number of diazo groups is 1. The Bertz CT molecular complexity index is 437. The zero-order chi connectivity index (χ0) is 11.4. The number of nitro benzene ring substituents is 1. The molecular weight excluding hydrogens is 198 g/mol. The highest BCUT2D eigenvalue weighted by Crippen LogP contribution is 2.34. The first-order chi connectivity index (χ1) is 7.10. The first-order valence-corrected chi connectivity index (χ1v) is 4.37. The molecule has 6 nitrogen and oxygen atoms in total. The number of hydrogen-bond donors (Lipinski definition) is 0. The Labute approximate surface area is 86.3 Å². The smallest absolute Gasteiger partial charge is 0.395 e. The summed E-state index contributed by atoms with van der Waals surface area (Å²) in [7, 11) is 0. The Balaban J connectivity index is 3.33. The van der Waals surface area contributed by atoms with Gasteiger partial charge in [-0.25, -0.2) is 0 Å². The molecule has 15 heavy (non-hydrogen) atoms. The zero-order valence-electron chi connectivity index (χ0n) is 8.43. The van der Waals surface area contributed by atoms with Crippen molar-refractivity contribution >= 4 is 11.4 Å². The molecule has 0 aliphatic heterocycles. The second-order valence-corrected chi connectivity index (χ2v) is 2.90. The van der Waals surface area contributed by atoms with E-state index in [0.29, 0.717) is 12.2 Å². The minimum absolute atomic E-state index is 0.171. The molecule has 78 valence electrons. The van der Waals surface area contributed by atoms with Crippen LogP contribution in [0.15, 0.2) is 12.1 Å². The summed E-state index contributed by atoms with van der Waals surface area (Å²) in [5.74, 6) is 0.187. The minimum atomic E-state index is -0.570. The van der Waals surface area contributed by atoms with Crippen LogP contribution in [-0.2, 0) is 0 Å². The van der Waals surface area contributed by atoms with Crippen LogP contribution in [0.1, 0.15) is 12.5 Å². The molecule has 0 aromatic heterocycles. The van der Waals surface area contributed by atoms with Gasteiger partial charge in [-0.05, 0) is 19.9 Å². The summed E-state index contributed by atoms with van der Waals surface area (Å²) in [5.41, 5.74) is 0.590. The first-order valence-electron chi connectivity index (χ1n) is 4.37. The summed E-state index contributed by atoms with van der Waals surface area (Å²) in [5, 5.41) is 19.3. The number of nitrogens with zero attached hydrogens (tertiary/aromatic N) is 3. The molecule has 0 unspecified atom stereocenters. The molecule has 1 aromatic carbocycles. The van der Waals surface area contributed by atoms with Crippen molar-refractivity contribution in [3.63, 3.8) is 0 Å². The normalized spacial score (nSPS) is 9.40. The van der Waals surface area contributed by atoms with Gasteiger partial charge in [-0.15, -0.1) is 0 Å². The lowest BCUT2D eigenvalue weighted by Gasteiger charge is -2.03. The fraction of sp³-hybridized carbons (Fsp3) is 0.333. The number of hydrogen-bond acceptors (Lipinski definition) is 4. The summed E-state index contributed by atoms with van der Waals surface area (Å²) in [6.45, 7) is 3.76. The Hall–Kier alpha value is -2.16. The van der Waals surface area contributed by atoms with Gasteiger partial charge in [0.25, 0.3) is 0 Å². The maximum absolute atomic E-state index is 10.7. The van der Waals surface area contributed by atoms with Gasteiger partial charge >= 0.3 is 11.4 Å². The first kappa shape index (κ1) is 10.9. The highest BCUT2D eigenvalue weighted by molar-refractivity contribution is 5.63. The fourth-order valence-electron chi connectivity index (χ4n) is 1.18. The van der Waals surface area contributed by atoms with Gasteiger partial charge in [-0.3, -0.25) is 10.1 Å². The van der Waals surface area contributed by atoms with E-state index in [1.807, 2.05) is 0 Å². The summed E-state index contributed by atoms with van der Waals surface area (Å²) in [6.07, 6.45) is 0. The molecule has 0 amide bonds. The van der Waals surface area contributed by atoms with E-state index in [1.165, 1.54) is 12.1 Å². The average molecular weight is 208 g/mol. The third-order valence-electron chi connectivity index (χ3n) is 1.88. The van der Waals surface area contributed by atoms with Crippen LogP contribution in [0.4, 0.5) is 11.4 Å². The Kier molecular flexibility index (Phi) is 3.18. The molecule has 1 aromatic rings. The topological polar surface area (TPSA) is 80.5 Å². The van der Waals surface area contributed by atoms with Gasteiger partial charge < -0.3 is 4.74 Å². The maximum Gasteiger partial charge on any atom is 0.395 e. The van der Waals surface area contributed by atoms with E-state index in [-0.39, 0.29) is 17.1 Å². The Morgan fingerprint density at radius 2 is 2.27 bits per heavy atom. The Morgan fingerprint density at radius 3 is 2.73 bits per heavy atom. The van der Waals surface area contributed by atoms with Gasteiger partial charge in [0.2, 0.25) is 5.39 Å². The molecule has 1 rings (SSSR count). The number of ether oxygens (including phenoxy) is 1. The van der Waals surface area contributed by atoms with Crippen LogP contribution in [0.25, 0.3) is 4.98 Å². The van der Waals surface area contributed by atoms with Gasteiger partial charge in [0.1, 0.15) is 6.07 Å². The summed E-state index contributed by atoms with van der Waals surface area (Å²) in [4.78, 5) is 13.1. The van der Waals surface area contributed by atoms with Crippen LogP contribution >= 0.6 is 0 Å². The molecule has 0 heterocycles. The largest absolute Gasteiger partial charge is 0.487 e. The van der Waals surface area contributed by atoms with Crippen LogP contribution in [0.2, 0.25) is 0 Å². The predicted molar refractivity (Wildman–Crippen MR) is 53.7 cm³/mol. The fourth-order valence-corrected chi connectivity index (χ4v) is 1.18. The van der Waals surface area contributed by atoms with E-state index in [1.54, 1.807) is 13.8 Å². The number of nitro groups is 1. The van der Waals surface area contributed by atoms with Crippen molar-refractivity contribution in [2.24, 2.45) is 0 Å². The van der Waals surface area contributed by atoms with E-state index in [4.69, 9.17) is 10.1 Å². The van der Waals surface area contributed by atoms with Crippen molar-refractivity contribution in [2.45, 2.75) is 13.8 Å². The van der Waals surface area contributed by atoms with Crippen LogP contribution < -0.4 is 4.74 Å². The third kappa shape index (κ3) is 2.20. The van der Waals surface area contributed by atoms with Gasteiger partial charge in [0, 0.05) is 5.56 Å². The predicted octanol–water partition coefficient (Wildman–Crippen LogP) is 2.79. The van der Waals surface area contributed by atoms with Crippen molar-refractivity contribution in [3.05, 3.63) is 32.8 Å². The third-order valence-corrected chi connectivity index (χ3v) is 1.88. The van der Waals surface area contributed by atoms with Gasteiger partial charge in [0.05, 0.1) is 11.5 Å². The van der Waals surface area contributed by atoms with Crippen molar-refractivity contribution in [1.29, 1.82) is 5.39 Å². The molecule has 0 aliphatic rings. The number of rotatable bonds is 3. The molecule has 0 saturated carbocycles. The lowest BCUT2D eigenvalue weighted by atomic mass is 10.1. The summed E-state index contributed by atoms with van der Waals surface area (Å²) >= 11 is 0. The van der Waals surface area contributed by atoms with Crippen LogP contribution in [-0.4, -0.2) is 11.5 Å². The summed E-state index contributed by atoms with van der Waals surface area (Å²) in [6, 6.07) is 2.66. The lowest BCUT2D eigenvalue weighted by molar-refractivity contribution is -0.385. The van der Waals surface area contributed by atoms with E-state index in [9.17, 15) is 10.1 Å². The SMILES string of the molecule is CCOc1cc(C)c([N+]#N)cc1[N+](=O)[O-]. The van der Waals surface area contributed by atoms with Gasteiger partial charge in [-0.2, -0.15) is 0 Å². The van der Waals surface area contributed by atoms with Crippen molar-refractivity contribution in [3.8, 4) is 5.75 Å². The molecule has 0 saturated heterocycles. The molecule has 0 aliphatic carbocycles. The second-order valence-electron chi connectivity index (χ2n) is 2.90. The Morgan fingerprint density at radius 1 is 1.60 bits per heavy atom. The highest BCUT2D eigenvalue weighted by atomic mass is 16.6. The maximum atomic E-state index is 10.7. The molecule has 0 atom stereocenters. The van der Waals surface area contributed by atoms with E-state index in [0.717, 1.165) is 0 Å². The van der Waals surface area contributed by atoms with Gasteiger partial charge in [-0.1, -0.05) is 0 Å². The average Bonchev–Trinajstić information content (AvgIpc) is 2.18. The molecular formula is C9H10N3O3+. The van der Waals surface area contributed by atoms with E-state index >= 15 is 0 Å². The molecule has 0 fully saturated rings. The van der Waals surface area contributed by atoms with Crippen LogP contribution in [0, 0.1) is 22.4 Å². The highest BCUT2D eigenvalue weighted by Gasteiger charge is 2.23. The quantitative estimate of drug-likeness (QED) is 0.434. The van der Waals surface area contributed by atoms with Crippen LogP contribution in [0.5, 0.6) is 5.75 Å². The zero-order valence-corrected chi connectivity index (χ0v) is 8.43. The minimum Gasteiger partial charge on any atom is -0.487 e. The van der Waals surface area contributed by atoms with E-state index < -0.39 is 4.92 Å². The summed E-state index contributed by atoms with van der Waals surface area (Å²) < 4.78 is 5.11. The lowest BCUT2D eigenvalue weighted by Crippen LogP contribution is -1.97. The van der Waals surface area contributed by atoms with Crippen molar-refractivity contribution in [2.75, 3.05) is 6.61 Å². The monoisotopic (exact) mass is 208 g/mol. The van der Waals surface area contributed by atoms with Crippen molar-refractivity contribution < 1.29 is 9.66 Å². The molecule has 0 radical (unpaired) electrons. The van der Waals surface area contributed by atoms with E-state index in [2.05, 4.69) is 4.98 Å². The number of aryl methyl sites for hydroxylation is 1. The molecule has 0 spiro atoms. The second kappa shape index (κ2) is 4.37.